The van der Waals surface area contributed by atoms with Gasteiger partial charge in [-0.3, -0.25) is 9.78 Å². The summed E-state index contributed by atoms with van der Waals surface area (Å²) in [7, 11) is 0. The number of aromatic nitrogens is 2. The highest BCUT2D eigenvalue weighted by Crippen LogP contribution is 2.13. The molecular formula is C10H7N5O. The Kier molecular flexibility index (Phi) is 2.67. The van der Waals surface area contributed by atoms with Gasteiger partial charge in [0.25, 0.3) is 5.91 Å². The Labute approximate surface area is 90.8 Å². The van der Waals surface area contributed by atoms with Crippen LogP contribution in [0.1, 0.15) is 10.5 Å². The van der Waals surface area contributed by atoms with E-state index in [0.29, 0.717) is 5.69 Å². The van der Waals surface area contributed by atoms with Gasteiger partial charge in [-0.1, -0.05) is 0 Å². The van der Waals surface area contributed by atoms with Crippen LogP contribution in [-0.2, 0) is 0 Å². The van der Waals surface area contributed by atoms with E-state index in [4.69, 9.17) is 5.53 Å². The van der Waals surface area contributed by atoms with E-state index >= 15 is 0 Å². The lowest BCUT2D eigenvalue weighted by atomic mass is 10.3. The van der Waals surface area contributed by atoms with Gasteiger partial charge in [0.1, 0.15) is 5.69 Å². The molecule has 0 aliphatic carbocycles. The van der Waals surface area contributed by atoms with Gasteiger partial charge in [-0.15, -0.1) is 0 Å². The fraction of sp³-hybridized carbons (Fsp3) is 0. The van der Waals surface area contributed by atoms with Gasteiger partial charge >= 0.3 is 0 Å². The minimum absolute atomic E-state index is 0.136. The number of hydrogen-bond donors (Lipinski definition) is 0. The monoisotopic (exact) mass is 213 g/mol. The summed E-state index contributed by atoms with van der Waals surface area (Å²) in [4.78, 5) is 17.8. The van der Waals surface area contributed by atoms with E-state index in [2.05, 4.69) is 15.0 Å². The molecule has 0 saturated carbocycles. The molecule has 0 radical (unpaired) electrons. The first kappa shape index (κ1) is 9.95. The van der Waals surface area contributed by atoms with E-state index in [1.54, 1.807) is 29.1 Å². The van der Waals surface area contributed by atoms with Crippen molar-refractivity contribution in [1.29, 1.82) is 0 Å². The molecule has 78 valence electrons. The normalized spacial score (nSPS) is 9.50. The molecule has 0 atom stereocenters. The second kappa shape index (κ2) is 4.29. The lowest BCUT2D eigenvalue weighted by Crippen LogP contribution is -2.04. The zero-order chi connectivity index (χ0) is 11.4. The van der Waals surface area contributed by atoms with Gasteiger partial charge in [0.05, 0.1) is 5.69 Å². The van der Waals surface area contributed by atoms with E-state index in [1.165, 1.54) is 6.20 Å². The van der Waals surface area contributed by atoms with Crippen LogP contribution in [0.25, 0.3) is 16.1 Å². The van der Waals surface area contributed by atoms with Gasteiger partial charge in [0.2, 0.25) is 0 Å². The Hall–Kier alpha value is -2.59. The molecule has 0 saturated heterocycles. The van der Waals surface area contributed by atoms with Gasteiger partial charge < -0.3 is 4.57 Å². The number of amides is 1. The number of nitrogens with zero attached hydrogens (tertiary/aromatic N) is 5. The van der Waals surface area contributed by atoms with E-state index in [1.807, 2.05) is 12.1 Å². The summed E-state index contributed by atoms with van der Waals surface area (Å²) in [5, 5.41) is 3.03. The van der Waals surface area contributed by atoms with Crippen LogP contribution in [0, 0.1) is 0 Å². The lowest BCUT2D eigenvalue weighted by Gasteiger charge is -2.05. The Morgan fingerprint density at radius 3 is 2.81 bits per heavy atom. The average Bonchev–Trinajstić information content (AvgIpc) is 2.83. The first-order chi connectivity index (χ1) is 7.83. The topological polar surface area (TPSA) is 83.7 Å². The molecule has 16 heavy (non-hydrogen) atoms. The summed E-state index contributed by atoms with van der Waals surface area (Å²) in [5.74, 6) is -0.688. The van der Waals surface area contributed by atoms with Crippen LogP contribution in [0.15, 0.2) is 48.0 Å². The highest BCUT2D eigenvalue weighted by molar-refractivity contribution is 5.96. The summed E-state index contributed by atoms with van der Waals surface area (Å²) in [6, 6.07) is 7.10. The molecule has 1 amide bonds. The molecule has 0 N–H and O–H groups in total. The van der Waals surface area contributed by atoms with Crippen LogP contribution < -0.4 is 0 Å². The van der Waals surface area contributed by atoms with Crippen molar-refractivity contribution < 1.29 is 4.79 Å². The molecule has 0 bridgehead atoms. The largest absolute Gasteiger partial charge is 0.322 e. The Balaban J connectivity index is 2.54. The second-order valence-corrected chi connectivity index (χ2v) is 2.96. The molecule has 0 aliphatic rings. The third kappa shape index (κ3) is 1.77. The summed E-state index contributed by atoms with van der Waals surface area (Å²) in [6.07, 6.45) is 5.04. The van der Waals surface area contributed by atoms with Crippen LogP contribution in [0.5, 0.6) is 0 Å². The van der Waals surface area contributed by atoms with Gasteiger partial charge in [0.15, 0.2) is 0 Å². The lowest BCUT2D eigenvalue weighted by molar-refractivity contribution is 0.0995. The summed E-state index contributed by atoms with van der Waals surface area (Å²) in [6.45, 7) is 0. The van der Waals surface area contributed by atoms with Crippen LogP contribution in [0.2, 0.25) is 0 Å². The predicted molar refractivity (Wildman–Crippen MR) is 57.0 cm³/mol. The van der Waals surface area contributed by atoms with Crippen molar-refractivity contribution in [2.75, 3.05) is 0 Å². The maximum Gasteiger partial charge on any atom is 0.269 e. The van der Waals surface area contributed by atoms with E-state index in [0.717, 1.165) is 0 Å². The van der Waals surface area contributed by atoms with Crippen LogP contribution in [0.4, 0.5) is 0 Å². The summed E-state index contributed by atoms with van der Waals surface area (Å²) in [5.41, 5.74) is 8.95. The first-order valence-corrected chi connectivity index (χ1v) is 4.50. The van der Waals surface area contributed by atoms with Crippen LogP contribution >= 0.6 is 0 Å². The number of pyridine rings is 1. The number of carbonyl (C=O) groups excluding carboxylic acids is 1. The molecule has 0 spiro atoms. The SMILES string of the molecule is [N-]=[N+]=NC(=O)c1ncccc1-n1cccc1. The maximum atomic E-state index is 11.5. The fourth-order valence-electron chi connectivity index (χ4n) is 1.35. The van der Waals surface area contributed by atoms with Crippen LogP contribution in [0.3, 0.4) is 0 Å². The van der Waals surface area contributed by atoms with Crippen molar-refractivity contribution in [1.82, 2.24) is 9.55 Å². The number of rotatable bonds is 2. The van der Waals surface area contributed by atoms with Crippen molar-refractivity contribution in [3.63, 3.8) is 0 Å². The molecule has 6 nitrogen and oxygen atoms in total. The van der Waals surface area contributed by atoms with Crippen molar-refractivity contribution in [3.8, 4) is 5.69 Å². The predicted octanol–water partition coefficient (Wildman–Crippen LogP) is 2.32. The summed E-state index contributed by atoms with van der Waals surface area (Å²) >= 11 is 0. The van der Waals surface area contributed by atoms with Gasteiger partial charge in [-0.25, -0.2) is 0 Å². The standard InChI is InChI=1S/C10H7N5O/c11-14-13-10(16)9-8(4-3-5-12-9)15-6-1-2-7-15/h1-7H. The van der Waals surface area contributed by atoms with Gasteiger partial charge in [-0.2, -0.15) is 0 Å². The quantitative estimate of drug-likeness (QED) is 0.435. The highest BCUT2D eigenvalue weighted by Gasteiger charge is 2.11. The molecule has 0 unspecified atom stereocenters. The van der Waals surface area contributed by atoms with Gasteiger partial charge in [0, 0.05) is 23.5 Å². The third-order valence-corrected chi connectivity index (χ3v) is 2.01. The fourth-order valence-corrected chi connectivity index (χ4v) is 1.35. The number of azide groups is 1. The Bertz CT molecular complexity index is 554. The third-order valence-electron chi connectivity index (χ3n) is 2.01. The molecule has 0 aliphatic heterocycles. The van der Waals surface area contributed by atoms with Crippen molar-refractivity contribution >= 4 is 5.91 Å². The molecule has 0 aromatic carbocycles. The van der Waals surface area contributed by atoms with E-state index < -0.39 is 5.91 Å². The average molecular weight is 213 g/mol. The minimum Gasteiger partial charge on any atom is -0.322 e. The number of carbonyl (C=O) groups is 1. The Morgan fingerprint density at radius 1 is 1.38 bits per heavy atom. The van der Waals surface area contributed by atoms with Crippen molar-refractivity contribution in [3.05, 3.63) is 59.0 Å². The maximum absolute atomic E-state index is 11.5. The highest BCUT2D eigenvalue weighted by atomic mass is 16.1. The molecule has 0 fully saturated rings. The zero-order valence-electron chi connectivity index (χ0n) is 8.19. The molecule has 2 aromatic rings. The van der Waals surface area contributed by atoms with E-state index in [9.17, 15) is 4.79 Å². The minimum atomic E-state index is -0.688. The van der Waals surface area contributed by atoms with E-state index in [-0.39, 0.29) is 5.69 Å². The Morgan fingerprint density at radius 2 is 2.12 bits per heavy atom. The molecule has 2 heterocycles. The molecule has 6 heteroatoms. The summed E-state index contributed by atoms with van der Waals surface area (Å²) < 4.78 is 1.73. The molecule has 2 aromatic heterocycles. The number of hydrogen-bond acceptors (Lipinski definition) is 2. The van der Waals surface area contributed by atoms with Crippen LogP contribution in [-0.4, -0.2) is 15.5 Å². The first-order valence-electron chi connectivity index (χ1n) is 4.50. The smallest absolute Gasteiger partial charge is 0.269 e. The van der Waals surface area contributed by atoms with Gasteiger partial charge in [-0.05, 0) is 34.9 Å². The second-order valence-electron chi connectivity index (χ2n) is 2.96. The zero-order valence-corrected chi connectivity index (χ0v) is 8.19. The van der Waals surface area contributed by atoms with Crippen molar-refractivity contribution in [2.45, 2.75) is 0 Å². The van der Waals surface area contributed by atoms with Crippen molar-refractivity contribution in [2.24, 2.45) is 5.11 Å². The molecular weight excluding hydrogens is 206 g/mol. The molecule has 2 rings (SSSR count).